The zero-order valence-corrected chi connectivity index (χ0v) is 16.3. The minimum absolute atomic E-state index is 0.317. The minimum Gasteiger partial charge on any atom is -0.309 e. The Morgan fingerprint density at radius 1 is 1.29 bits per heavy atom. The molecule has 2 heterocycles. The maximum absolute atomic E-state index is 4.59. The van der Waals surface area contributed by atoms with Crippen LogP contribution in [0.15, 0.2) is 32.7 Å². The number of halogens is 2. The van der Waals surface area contributed by atoms with Gasteiger partial charge in [0.25, 0.3) is 0 Å². The fourth-order valence-electron chi connectivity index (χ4n) is 2.12. The highest BCUT2D eigenvalue weighted by atomic mass is 79.9. The van der Waals surface area contributed by atoms with E-state index in [2.05, 4.69) is 74.2 Å². The third-order valence-electron chi connectivity index (χ3n) is 3.36. The Morgan fingerprint density at radius 3 is 2.62 bits per heavy atom. The topological polar surface area (TPSA) is 24.9 Å². The first-order chi connectivity index (χ1) is 10.1. The summed E-state index contributed by atoms with van der Waals surface area (Å²) in [6, 6.07) is 6.84. The molecular formula is C16H20Br2N2S. The summed E-state index contributed by atoms with van der Waals surface area (Å²) in [7, 11) is 0. The molecule has 0 spiro atoms. The Kier molecular flexibility index (Phi) is 6.86. The normalized spacial score (nSPS) is 12.6. The molecule has 0 aliphatic heterocycles. The van der Waals surface area contributed by atoms with Gasteiger partial charge in [0.2, 0.25) is 0 Å². The predicted octanol–water partition coefficient (Wildman–Crippen LogP) is 5.51. The maximum Gasteiger partial charge on any atom is 0.0843 e. The van der Waals surface area contributed by atoms with Crippen LogP contribution in [0, 0.1) is 0 Å². The van der Waals surface area contributed by atoms with E-state index < -0.39 is 0 Å². The third kappa shape index (κ3) is 4.88. The third-order valence-corrected chi connectivity index (χ3v) is 6.73. The molecule has 0 aromatic carbocycles. The average Bonchev–Trinajstić information content (AvgIpc) is 2.83. The fourth-order valence-corrected chi connectivity index (χ4v) is 4.29. The SMILES string of the molecule is CCCNC(Cc1ccc(CC)cn1)c1cc(Br)c(Br)s1. The lowest BCUT2D eigenvalue weighted by Crippen LogP contribution is -2.23. The van der Waals surface area contributed by atoms with E-state index in [1.807, 2.05) is 6.20 Å². The summed E-state index contributed by atoms with van der Waals surface area (Å²) in [6.45, 7) is 5.37. The molecule has 0 aliphatic carbocycles. The van der Waals surface area contributed by atoms with E-state index in [-0.39, 0.29) is 0 Å². The largest absolute Gasteiger partial charge is 0.309 e. The molecule has 5 heteroatoms. The van der Waals surface area contributed by atoms with Gasteiger partial charge in [-0.1, -0.05) is 19.9 Å². The maximum atomic E-state index is 4.59. The van der Waals surface area contributed by atoms with Gasteiger partial charge in [-0.3, -0.25) is 4.98 Å². The van der Waals surface area contributed by atoms with Crippen LogP contribution in [0.5, 0.6) is 0 Å². The second kappa shape index (κ2) is 8.42. The molecule has 0 radical (unpaired) electrons. The highest BCUT2D eigenvalue weighted by Gasteiger charge is 2.16. The molecule has 0 fully saturated rings. The van der Waals surface area contributed by atoms with E-state index in [1.54, 1.807) is 11.3 Å². The number of hydrogen-bond donors (Lipinski definition) is 1. The van der Waals surface area contributed by atoms with Gasteiger partial charge in [-0.15, -0.1) is 11.3 Å². The molecule has 0 bridgehead atoms. The molecule has 2 aromatic rings. The first kappa shape index (κ1) is 17.1. The van der Waals surface area contributed by atoms with Crippen molar-refractivity contribution in [1.29, 1.82) is 0 Å². The number of aryl methyl sites for hydroxylation is 1. The molecule has 1 atom stereocenters. The van der Waals surface area contributed by atoms with Crippen LogP contribution in [0.4, 0.5) is 0 Å². The van der Waals surface area contributed by atoms with E-state index in [9.17, 15) is 0 Å². The molecule has 0 aliphatic rings. The number of aromatic nitrogens is 1. The molecule has 2 aromatic heterocycles. The molecule has 1 N–H and O–H groups in total. The summed E-state index contributed by atoms with van der Waals surface area (Å²) in [5.74, 6) is 0. The van der Waals surface area contributed by atoms with Gasteiger partial charge in [-0.05, 0) is 68.9 Å². The van der Waals surface area contributed by atoms with Crippen molar-refractivity contribution in [2.24, 2.45) is 0 Å². The van der Waals surface area contributed by atoms with Crippen LogP contribution in [-0.2, 0) is 12.8 Å². The molecule has 0 amide bonds. The Labute approximate surface area is 147 Å². The summed E-state index contributed by atoms with van der Waals surface area (Å²) in [5, 5.41) is 3.63. The molecule has 0 saturated heterocycles. The summed E-state index contributed by atoms with van der Waals surface area (Å²) in [5.41, 5.74) is 2.43. The first-order valence-electron chi connectivity index (χ1n) is 7.26. The van der Waals surface area contributed by atoms with Crippen LogP contribution in [0.1, 0.15) is 42.4 Å². The van der Waals surface area contributed by atoms with E-state index >= 15 is 0 Å². The highest BCUT2D eigenvalue weighted by Crippen LogP contribution is 2.36. The van der Waals surface area contributed by atoms with Crippen molar-refractivity contribution in [3.63, 3.8) is 0 Å². The Morgan fingerprint density at radius 2 is 2.10 bits per heavy atom. The second-order valence-electron chi connectivity index (χ2n) is 4.99. The summed E-state index contributed by atoms with van der Waals surface area (Å²) in [6.07, 6.45) is 5.08. The van der Waals surface area contributed by atoms with Gasteiger partial charge in [0.05, 0.1) is 3.79 Å². The van der Waals surface area contributed by atoms with Gasteiger partial charge >= 0.3 is 0 Å². The number of pyridine rings is 1. The molecule has 2 rings (SSSR count). The van der Waals surface area contributed by atoms with Crippen LogP contribution in [0.2, 0.25) is 0 Å². The van der Waals surface area contributed by atoms with Crippen molar-refractivity contribution in [1.82, 2.24) is 10.3 Å². The van der Waals surface area contributed by atoms with E-state index in [4.69, 9.17) is 0 Å². The summed E-state index contributed by atoms with van der Waals surface area (Å²) < 4.78 is 2.27. The minimum atomic E-state index is 0.317. The molecule has 1 unspecified atom stereocenters. The summed E-state index contributed by atoms with van der Waals surface area (Å²) in [4.78, 5) is 5.93. The molecule has 21 heavy (non-hydrogen) atoms. The lowest BCUT2D eigenvalue weighted by atomic mass is 10.1. The second-order valence-corrected chi connectivity index (χ2v) is 8.25. The van der Waals surface area contributed by atoms with Crippen molar-refractivity contribution >= 4 is 43.2 Å². The lowest BCUT2D eigenvalue weighted by molar-refractivity contribution is 0.531. The van der Waals surface area contributed by atoms with Gasteiger partial charge in [-0.25, -0.2) is 0 Å². The number of nitrogens with zero attached hydrogens (tertiary/aromatic N) is 1. The quantitative estimate of drug-likeness (QED) is 0.624. The van der Waals surface area contributed by atoms with Crippen molar-refractivity contribution in [3.05, 3.63) is 48.8 Å². The first-order valence-corrected chi connectivity index (χ1v) is 9.66. The molecule has 0 saturated carbocycles. The van der Waals surface area contributed by atoms with Gasteiger partial charge < -0.3 is 5.32 Å². The van der Waals surface area contributed by atoms with Gasteiger partial charge in [0, 0.05) is 33.7 Å². The van der Waals surface area contributed by atoms with Crippen molar-refractivity contribution in [2.75, 3.05) is 6.54 Å². The Bertz CT molecular complexity index is 547. The van der Waals surface area contributed by atoms with Gasteiger partial charge in [-0.2, -0.15) is 0 Å². The predicted molar refractivity (Wildman–Crippen MR) is 98.1 cm³/mol. The van der Waals surface area contributed by atoms with E-state index in [0.717, 1.165) is 39.8 Å². The van der Waals surface area contributed by atoms with E-state index in [1.165, 1.54) is 10.4 Å². The van der Waals surface area contributed by atoms with Crippen LogP contribution in [-0.4, -0.2) is 11.5 Å². The Hall–Kier alpha value is -0.230. The van der Waals surface area contributed by atoms with Crippen LogP contribution < -0.4 is 5.32 Å². The zero-order valence-electron chi connectivity index (χ0n) is 12.3. The highest BCUT2D eigenvalue weighted by molar-refractivity contribution is 9.13. The Balaban J connectivity index is 2.15. The fraction of sp³-hybridized carbons (Fsp3) is 0.438. The molecule has 114 valence electrons. The van der Waals surface area contributed by atoms with Gasteiger partial charge in [0.15, 0.2) is 0 Å². The van der Waals surface area contributed by atoms with Gasteiger partial charge in [0.1, 0.15) is 0 Å². The standard InChI is InChI=1S/C16H20Br2N2S/c1-3-7-19-14(15-9-13(17)16(18)21-15)8-12-6-5-11(4-2)10-20-12/h5-6,9-10,14,19H,3-4,7-8H2,1-2H3. The number of hydrogen-bond acceptors (Lipinski definition) is 3. The molecule has 2 nitrogen and oxygen atoms in total. The lowest BCUT2D eigenvalue weighted by Gasteiger charge is -2.17. The summed E-state index contributed by atoms with van der Waals surface area (Å²) >= 11 is 8.94. The number of nitrogens with one attached hydrogen (secondary N) is 1. The number of rotatable bonds is 7. The average molecular weight is 432 g/mol. The van der Waals surface area contributed by atoms with Crippen LogP contribution >= 0.6 is 43.2 Å². The van der Waals surface area contributed by atoms with Crippen LogP contribution in [0.3, 0.4) is 0 Å². The van der Waals surface area contributed by atoms with Crippen LogP contribution in [0.25, 0.3) is 0 Å². The monoisotopic (exact) mass is 430 g/mol. The zero-order chi connectivity index (χ0) is 15.2. The van der Waals surface area contributed by atoms with E-state index in [0.29, 0.717) is 6.04 Å². The van der Waals surface area contributed by atoms with Crippen molar-refractivity contribution < 1.29 is 0 Å². The van der Waals surface area contributed by atoms with Crippen molar-refractivity contribution in [3.8, 4) is 0 Å². The smallest absolute Gasteiger partial charge is 0.0843 e. The molecular weight excluding hydrogens is 412 g/mol. The van der Waals surface area contributed by atoms with Crippen molar-refractivity contribution in [2.45, 2.75) is 39.2 Å². The number of thiophene rings is 1.